The molecule has 0 unspecified atom stereocenters. The molecule has 0 saturated heterocycles. The van der Waals surface area contributed by atoms with Crippen LogP contribution in [-0.2, 0) is 0 Å². The summed E-state index contributed by atoms with van der Waals surface area (Å²) in [4.78, 5) is 22.6. The van der Waals surface area contributed by atoms with E-state index in [-0.39, 0.29) is 21.5 Å². The van der Waals surface area contributed by atoms with E-state index in [1.54, 1.807) is 6.07 Å². The molecule has 2 N–H and O–H groups in total. The van der Waals surface area contributed by atoms with E-state index in [4.69, 9.17) is 0 Å². The summed E-state index contributed by atoms with van der Waals surface area (Å²) in [6.45, 7) is 0. The number of rotatable bonds is 4. The number of phenols is 1. The Morgan fingerprint density at radius 3 is 2.68 bits per heavy atom. The van der Waals surface area contributed by atoms with E-state index in [9.17, 15) is 15.2 Å². The van der Waals surface area contributed by atoms with Crippen LogP contribution in [0.5, 0.6) is 5.75 Å². The lowest BCUT2D eigenvalue weighted by atomic mass is 10.2. The molecule has 0 radical (unpaired) electrons. The molecular formula is C20H13BrN4O3. The minimum absolute atomic E-state index is 0.108. The highest BCUT2D eigenvalue weighted by Crippen LogP contribution is 2.32. The zero-order valence-electron chi connectivity index (χ0n) is 14.3. The average Bonchev–Trinajstić information content (AvgIpc) is 3.13. The molecule has 0 fully saturated rings. The number of nitro groups is 1. The number of aromatic nitrogens is 2. The lowest BCUT2D eigenvalue weighted by molar-refractivity contribution is -0.385. The standard InChI is InChI=1S/C20H13BrN4O3/c21-16-10-15(25(27)28)8-13(19(16)26)11-22-14-6-7-17-18(9-14)24-20(23-17)12-4-2-1-3-5-12/h1-11,26H,(H,23,24). The summed E-state index contributed by atoms with van der Waals surface area (Å²) in [5.41, 5.74) is 3.34. The monoisotopic (exact) mass is 436 g/mol. The van der Waals surface area contributed by atoms with Crippen molar-refractivity contribution in [2.24, 2.45) is 4.99 Å². The van der Waals surface area contributed by atoms with Gasteiger partial charge in [-0.3, -0.25) is 15.1 Å². The first kappa shape index (κ1) is 17.9. The van der Waals surface area contributed by atoms with Crippen molar-refractivity contribution in [2.45, 2.75) is 0 Å². The lowest BCUT2D eigenvalue weighted by Gasteiger charge is -2.02. The molecule has 1 heterocycles. The van der Waals surface area contributed by atoms with Gasteiger partial charge in [-0.05, 0) is 34.1 Å². The summed E-state index contributed by atoms with van der Waals surface area (Å²) >= 11 is 3.12. The number of aromatic hydroxyl groups is 1. The zero-order chi connectivity index (χ0) is 19.7. The summed E-state index contributed by atoms with van der Waals surface area (Å²) in [5, 5.41) is 21.1. The van der Waals surface area contributed by atoms with Crippen LogP contribution in [0, 0.1) is 10.1 Å². The van der Waals surface area contributed by atoms with Gasteiger partial charge in [-0.15, -0.1) is 0 Å². The second kappa shape index (κ2) is 7.24. The Kier molecular flexibility index (Phi) is 4.62. The van der Waals surface area contributed by atoms with Crippen LogP contribution in [0.4, 0.5) is 11.4 Å². The largest absolute Gasteiger partial charge is 0.506 e. The SMILES string of the molecule is O=[N+]([O-])c1cc(Br)c(O)c(C=Nc2ccc3nc(-c4ccccc4)[nH]c3c2)c1. The maximum Gasteiger partial charge on any atom is 0.271 e. The van der Waals surface area contributed by atoms with Crippen LogP contribution in [0.2, 0.25) is 0 Å². The highest BCUT2D eigenvalue weighted by Gasteiger charge is 2.13. The molecule has 7 nitrogen and oxygen atoms in total. The van der Waals surface area contributed by atoms with Crippen molar-refractivity contribution >= 4 is 44.6 Å². The molecule has 8 heteroatoms. The molecule has 138 valence electrons. The molecule has 28 heavy (non-hydrogen) atoms. The number of halogens is 1. The molecule has 0 amide bonds. The molecule has 0 bridgehead atoms. The maximum atomic E-state index is 11.0. The topological polar surface area (TPSA) is 104 Å². The van der Waals surface area contributed by atoms with E-state index >= 15 is 0 Å². The molecule has 0 aliphatic rings. The van der Waals surface area contributed by atoms with Crippen molar-refractivity contribution in [3.63, 3.8) is 0 Å². The van der Waals surface area contributed by atoms with Crippen LogP contribution < -0.4 is 0 Å². The van der Waals surface area contributed by atoms with Gasteiger partial charge in [-0.2, -0.15) is 0 Å². The van der Waals surface area contributed by atoms with Gasteiger partial charge in [0.1, 0.15) is 11.6 Å². The fraction of sp³-hybridized carbons (Fsp3) is 0. The molecule has 0 atom stereocenters. The van der Waals surface area contributed by atoms with Crippen molar-refractivity contribution in [2.75, 3.05) is 0 Å². The van der Waals surface area contributed by atoms with Crippen molar-refractivity contribution < 1.29 is 10.0 Å². The number of imidazole rings is 1. The number of aromatic amines is 1. The Morgan fingerprint density at radius 1 is 1.14 bits per heavy atom. The van der Waals surface area contributed by atoms with Gasteiger partial charge in [0.05, 0.1) is 26.1 Å². The Morgan fingerprint density at radius 2 is 1.93 bits per heavy atom. The van der Waals surface area contributed by atoms with Gasteiger partial charge < -0.3 is 10.1 Å². The van der Waals surface area contributed by atoms with Gasteiger partial charge in [0.2, 0.25) is 0 Å². The highest BCUT2D eigenvalue weighted by molar-refractivity contribution is 9.10. The van der Waals surface area contributed by atoms with Gasteiger partial charge >= 0.3 is 0 Å². The number of phenolic OH excluding ortho intramolecular Hbond substituents is 1. The van der Waals surface area contributed by atoms with Crippen molar-refractivity contribution in [3.05, 3.63) is 80.8 Å². The van der Waals surface area contributed by atoms with Crippen LogP contribution in [0.1, 0.15) is 5.56 Å². The number of aliphatic imine (C=N–C) groups is 1. The van der Waals surface area contributed by atoms with Gasteiger partial charge in [0.15, 0.2) is 0 Å². The molecule has 0 aliphatic heterocycles. The molecule has 1 aromatic heterocycles. The van der Waals surface area contributed by atoms with E-state index in [1.165, 1.54) is 18.3 Å². The van der Waals surface area contributed by atoms with E-state index in [2.05, 4.69) is 30.9 Å². The number of nitro benzene ring substituents is 1. The summed E-state index contributed by atoms with van der Waals surface area (Å²) in [6, 6.07) is 17.8. The van der Waals surface area contributed by atoms with Crippen LogP contribution in [0.25, 0.3) is 22.4 Å². The van der Waals surface area contributed by atoms with Crippen molar-refractivity contribution in [1.82, 2.24) is 9.97 Å². The van der Waals surface area contributed by atoms with Gasteiger partial charge in [-0.25, -0.2) is 4.98 Å². The number of fused-ring (bicyclic) bond motifs is 1. The molecular weight excluding hydrogens is 424 g/mol. The van der Waals surface area contributed by atoms with E-state index < -0.39 is 4.92 Å². The first-order chi connectivity index (χ1) is 13.5. The first-order valence-corrected chi connectivity index (χ1v) is 9.07. The average molecular weight is 437 g/mol. The number of benzene rings is 3. The minimum atomic E-state index is -0.524. The second-order valence-corrected chi connectivity index (χ2v) is 6.89. The Balaban J connectivity index is 1.68. The Bertz CT molecular complexity index is 1220. The highest BCUT2D eigenvalue weighted by atomic mass is 79.9. The lowest BCUT2D eigenvalue weighted by Crippen LogP contribution is -1.91. The number of H-pyrrole nitrogens is 1. The fourth-order valence-electron chi connectivity index (χ4n) is 2.76. The zero-order valence-corrected chi connectivity index (χ0v) is 15.9. The molecule has 0 aliphatic carbocycles. The number of nitrogens with zero attached hydrogens (tertiary/aromatic N) is 3. The third-order valence-corrected chi connectivity index (χ3v) is 4.76. The summed E-state index contributed by atoms with van der Waals surface area (Å²) in [7, 11) is 0. The van der Waals surface area contributed by atoms with Crippen molar-refractivity contribution in [3.8, 4) is 17.1 Å². The van der Waals surface area contributed by atoms with Gasteiger partial charge in [-0.1, -0.05) is 30.3 Å². The number of hydrogen-bond acceptors (Lipinski definition) is 5. The minimum Gasteiger partial charge on any atom is -0.506 e. The van der Waals surface area contributed by atoms with Crippen LogP contribution in [0.15, 0.2) is 70.1 Å². The maximum absolute atomic E-state index is 11.0. The van der Waals surface area contributed by atoms with Crippen molar-refractivity contribution in [1.29, 1.82) is 0 Å². The predicted molar refractivity (Wildman–Crippen MR) is 111 cm³/mol. The quantitative estimate of drug-likeness (QED) is 0.255. The summed E-state index contributed by atoms with van der Waals surface area (Å²) in [5.74, 6) is 0.653. The van der Waals surface area contributed by atoms with E-state index in [1.807, 2.05) is 42.5 Å². The normalized spacial score (nSPS) is 11.3. The molecule has 3 aromatic carbocycles. The molecule has 0 spiro atoms. The second-order valence-electron chi connectivity index (χ2n) is 6.03. The van der Waals surface area contributed by atoms with Gasteiger partial charge in [0, 0.05) is 29.5 Å². The number of hydrogen-bond donors (Lipinski definition) is 2. The first-order valence-electron chi connectivity index (χ1n) is 8.27. The van der Waals surface area contributed by atoms with Crippen LogP contribution in [-0.4, -0.2) is 26.2 Å². The third-order valence-electron chi connectivity index (χ3n) is 4.15. The van der Waals surface area contributed by atoms with Gasteiger partial charge in [0.25, 0.3) is 5.69 Å². The smallest absolute Gasteiger partial charge is 0.271 e. The number of non-ortho nitro benzene ring substituents is 1. The summed E-state index contributed by atoms with van der Waals surface area (Å²) in [6.07, 6.45) is 1.39. The van der Waals surface area contributed by atoms with Crippen LogP contribution >= 0.6 is 15.9 Å². The van der Waals surface area contributed by atoms with E-state index in [0.29, 0.717) is 5.69 Å². The molecule has 4 aromatic rings. The van der Waals surface area contributed by atoms with E-state index in [0.717, 1.165) is 22.4 Å². The fourth-order valence-corrected chi connectivity index (χ4v) is 3.23. The predicted octanol–water partition coefficient (Wildman–Crippen LogP) is 5.36. The summed E-state index contributed by atoms with van der Waals surface area (Å²) < 4.78 is 0.236. The Hall–Kier alpha value is -3.52. The molecule has 4 rings (SSSR count). The Labute approximate surface area is 167 Å². The van der Waals surface area contributed by atoms with Crippen LogP contribution in [0.3, 0.4) is 0 Å². The number of nitrogens with one attached hydrogen (secondary N) is 1. The molecule has 0 saturated carbocycles. The third kappa shape index (κ3) is 3.49.